The van der Waals surface area contributed by atoms with Gasteiger partial charge in [-0.05, 0) is 19.9 Å². The van der Waals surface area contributed by atoms with Crippen LogP contribution in [0.15, 0.2) is 0 Å². The fraction of sp³-hybridized carbons (Fsp3) is 0.778. The van der Waals surface area contributed by atoms with Crippen LogP contribution in [0.3, 0.4) is 0 Å². The Labute approximate surface area is 78.4 Å². The van der Waals surface area contributed by atoms with Gasteiger partial charge in [-0.15, -0.1) is 10.2 Å². The van der Waals surface area contributed by atoms with Gasteiger partial charge < -0.3 is 9.88 Å². The molecule has 1 aliphatic heterocycles. The Morgan fingerprint density at radius 3 is 3.15 bits per heavy atom. The van der Waals surface area contributed by atoms with Crippen LogP contribution in [-0.2, 0) is 19.4 Å². The van der Waals surface area contributed by atoms with E-state index in [9.17, 15) is 0 Å². The number of hydrogen-bond donors (Lipinski definition) is 1. The molecule has 0 bridgehead atoms. The summed E-state index contributed by atoms with van der Waals surface area (Å²) in [5.74, 6) is 2.32. The highest BCUT2D eigenvalue weighted by Gasteiger charge is 2.14. The highest BCUT2D eigenvalue weighted by atomic mass is 15.3. The Kier molecular flexibility index (Phi) is 2.59. The molecule has 0 amide bonds. The summed E-state index contributed by atoms with van der Waals surface area (Å²) in [5.41, 5.74) is 0. The van der Waals surface area contributed by atoms with Gasteiger partial charge in [0.1, 0.15) is 11.6 Å². The molecule has 1 aliphatic rings. The van der Waals surface area contributed by atoms with Crippen LogP contribution in [0.1, 0.15) is 24.5 Å². The van der Waals surface area contributed by atoms with E-state index in [4.69, 9.17) is 0 Å². The molecule has 0 atom stereocenters. The molecule has 0 radical (unpaired) electrons. The molecular weight excluding hydrogens is 164 g/mol. The monoisotopic (exact) mass is 180 g/mol. The summed E-state index contributed by atoms with van der Waals surface area (Å²) < 4.78 is 2.28. The molecule has 0 unspecified atom stereocenters. The van der Waals surface area contributed by atoms with Crippen LogP contribution in [-0.4, -0.2) is 28.4 Å². The second-order valence-electron chi connectivity index (χ2n) is 3.49. The van der Waals surface area contributed by atoms with E-state index in [0.717, 1.165) is 31.8 Å². The molecular formula is C9H16N4. The first-order valence-corrected chi connectivity index (χ1v) is 4.97. The van der Waals surface area contributed by atoms with E-state index in [-0.39, 0.29) is 0 Å². The summed E-state index contributed by atoms with van der Waals surface area (Å²) in [7, 11) is 1.97. The van der Waals surface area contributed by atoms with Crippen LogP contribution >= 0.6 is 0 Å². The third-order valence-corrected chi connectivity index (χ3v) is 2.53. The van der Waals surface area contributed by atoms with Gasteiger partial charge in [-0.1, -0.05) is 0 Å². The second-order valence-corrected chi connectivity index (χ2v) is 3.49. The van der Waals surface area contributed by atoms with Crippen LogP contribution in [0.4, 0.5) is 0 Å². The van der Waals surface area contributed by atoms with Gasteiger partial charge in [0.15, 0.2) is 0 Å². The van der Waals surface area contributed by atoms with Crippen molar-refractivity contribution in [2.75, 3.05) is 13.6 Å². The molecule has 4 heteroatoms. The predicted molar refractivity (Wildman–Crippen MR) is 50.6 cm³/mol. The number of nitrogens with zero attached hydrogens (tertiary/aromatic N) is 3. The minimum atomic E-state index is 0.984. The number of hydrogen-bond acceptors (Lipinski definition) is 3. The molecule has 4 nitrogen and oxygen atoms in total. The van der Waals surface area contributed by atoms with E-state index >= 15 is 0 Å². The molecule has 13 heavy (non-hydrogen) atoms. The second kappa shape index (κ2) is 3.87. The number of fused-ring (bicyclic) bond motifs is 1. The van der Waals surface area contributed by atoms with Crippen LogP contribution in [0.25, 0.3) is 0 Å². The first-order valence-electron chi connectivity index (χ1n) is 4.97. The van der Waals surface area contributed by atoms with Gasteiger partial charge in [0.05, 0.1) is 0 Å². The maximum absolute atomic E-state index is 4.21. The topological polar surface area (TPSA) is 42.7 Å². The summed E-state index contributed by atoms with van der Waals surface area (Å²) in [4.78, 5) is 0. The van der Waals surface area contributed by atoms with Gasteiger partial charge in [0, 0.05) is 25.9 Å². The van der Waals surface area contributed by atoms with E-state index in [1.165, 1.54) is 18.7 Å². The maximum Gasteiger partial charge on any atom is 0.134 e. The van der Waals surface area contributed by atoms with Crippen molar-refractivity contribution in [2.45, 2.75) is 32.2 Å². The zero-order valence-electron chi connectivity index (χ0n) is 8.08. The van der Waals surface area contributed by atoms with E-state index in [2.05, 4.69) is 20.1 Å². The number of aromatic nitrogens is 3. The summed E-state index contributed by atoms with van der Waals surface area (Å²) in [6.45, 7) is 2.10. The highest BCUT2D eigenvalue weighted by Crippen LogP contribution is 2.13. The number of rotatable bonds is 3. The predicted octanol–water partition coefficient (Wildman–Crippen LogP) is 0.376. The van der Waals surface area contributed by atoms with Gasteiger partial charge in [-0.2, -0.15) is 0 Å². The van der Waals surface area contributed by atoms with Crippen molar-refractivity contribution in [1.82, 2.24) is 20.1 Å². The lowest BCUT2D eigenvalue weighted by molar-refractivity contribution is 0.505. The minimum Gasteiger partial charge on any atom is -0.319 e. The number of aryl methyl sites for hydroxylation is 1. The largest absolute Gasteiger partial charge is 0.319 e. The summed E-state index contributed by atoms with van der Waals surface area (Å²) in [5, 5.41) is 11.5. The molecule has 0 saturated heterocycles. The molecule has 72 valence electrons. The fourth-order valence-electron chi connectivity index (χ4n) is 1.79. The Morgan fingerprint density at radius 2 is 2.31 bits per heavy atom. The van der Waals surface area contributed by atoms with Crippen molar-refractivity contribution in [3.8, 4) is 0 Å². The molecule has 0 saturated carbocycles. The van der Waals surface area contributed by atoms with E-state index in [1.54, 1.807) is 0 Å². The Bertz CT molecular complexity index is 279. The summed E-state index contributed by atoms with van der Waals surface area (Å²) >= 11 is 0. The van der Waals surface area contributed by atoms with Crippen LogP contribution in [0.5, 0.6) is 0 Å². The first-order chi connectivity index (χ1) is 6.42. The lowest BCUT2D eigenvalue weighted by Gasteiger charge is -2.14. The van der Waals surface area contributed by atoms with Gasteiger partial charge in [-0.3, -0.25) is 0 Å². The zero-order valence-corrected chi connectivity index (χ0v) is 8.08. The molecule has 0 spiro atoms. The summed E-state index contributed by atoms with van der Waals surface area (Å²) in [6.07, 6.45) is 4.64. The number of likely N-dealkylation sites (N-methyl/N-ethyl adjacent to an activating group) is 1. The lowest BCUT2D eigenvalue weighted by Crippen LogP contribution is -2.17. The standard InChI is InChI=1S/C9H16N4/c1-10-6-5-9-12-11-8-4-2-3-7-13(8)9/h10H,2-7H2,1H3. The van der Waals surface area contributed by atoms with E-state index < -0.39 is 0 Å². The molecule has 1 N–H and O–H groups in total. The zero-order chi connectivity index (χ0) is 9.10. The Hall–Kier alpha value is -0.900. The molecule has 0 aliphatic carbocycles. The van der Waals surface area contributed by atoms with E-state index in [0.29, 0.717) is 0 Å². The molecule has 0 aromatic carbocycles. The molecule has 0 fully saturated rings. The van der Waals surface area contributed by atoms with Gasteiger partial charge in [-0.25, -0.2) is 0 Å². The van der Waals surface area contributed by atoms with Gasteiger partial charge >= 0.3 is 0 Å². The lowest BCUT2D eigenvalue weighted by atomic mass is 10.1. The smallest absolute Gasteiger partial charge is 0.134 e. The average molecular weight is 180 g/mol. The summed E-state index contributed by atoms with van der Waals surface area (Å²) in [6, 6.07) is 0. The van der Waals surface area contributed by atoms with Crippen LogP contribution < -0.4 is 5.32 Å². The third kappa shape index (κ3) is 1.72. The maximum atomic E-state index is 4.21. The Morgan fingerprint density at radius 1 is 1.38 bits per heavy atom. The third-order valence-electron chi connectivity index (χ3n) is 2.53. The van der Waals surface area contributed by atoms with Crippen molar-refractivity contribution in [2.24, 2.45) is 0 Å². The van der Waals surface area contributed by atoms with Crippen molar-refractivity contribution < 1.29 is 0 Å². The normalized spacial score (nSPS) is 15.8. The van der Waals surface area contributed by atoms with Crippen LogP contribution in [0, 0.1) is 0 Å². The Balaban J connectivity index is 2.12. The molecule has 1 aromatic heterocycles. The SMILES string of the molecule is CNCCc1nnc2n1CCCC2. The number of nitrogens with one attached hydrogen (secondary N) is 1. The van der Waals surface area contributed by atoms with Gasteiger partial charge in [0.25, 0.3) is 0 Å². The minimum absolute atomic E-state index is 0.984. The molecule has 2 heterocycles. The average Bonchev–Trinajstić information content (AvgIpc) is 2.58. The van der Waals surface area contributed by atoms with Crippen molar-refractivity contribution >= 4 is 0 Å². The fourth-order valence-corrected chi connectivity index (χ4v) is 1.79. The first kappa shape index (κ1) is 8.69. The van der Waals surface area contributed by atoms with Crippen molar-refractivity contribution in [3.63, 3.8) is 0 Å². The molecule has 2 rings (SSSR count). The van der Waals surface area contributed by atoms with Crippen molar-refractivity contribution in [1.29, 1.82) is 0 Å². The van der Waals surface area contributed by atoms with Crippen LogP contribution in [0.2, 0.25) is 0 Å². The highest BCUT2D eigenvalue weighted by molar-refractivity contribution is 4.99. The van der Waals surface area contributed by atoms with Gasteiger partial charge in [0.2, 0.25) is 0 Å². The van der Waals surface area contributed by atoms with Crippen molar-refractivity contribution in [3.05, 3.63) is 11.6 Å². The van der Waals surface area contributed by atoms with E-state index in [1.807, 2.05) is 7.05 Å². The molecule has 1 aromatic rings. The quantitative estimate of drug-likeness (QED) is 0.731.